The van der Waals surface area contributed by atoms with Crippen molar-refractivity contribution in [1.29, 1.82) is 0 Å². The first-order chi connectivity index (χ1) is 31.1. The quantitative estimate of drug-likeness (QED) is 0.0597. The van der Waals surface area contributed by atoms with Crippen LogP contribution in [0.25, 0.3) is 0 Å². The van der Waals surface area contributed by atoms with Crippen molar-refractivity contribution < 1.29 is 38.1 Å². The summed E-state index contributed by atoms with van der Waals surface area (Å²) in [5.41, 5.74) is 0. The summed E-state index contributed by atoms with van der Waals surface area (Å²) in [6.45, 7) is 19.9. The fourth-order valence-corrected chi connectivity index (χ4v) is 22.4. The van der Waals surface area contributed by atoms with Crippen LogP contribution in [0.3, 0.4) is 0 Å². The minimum atomic E-state index is -3.50. The van der Waals surface area contributed by atoms with E-state index in [2.05, 4.69) is 104 Å². The van der Waals surface area contributed by atoms with Gasteiger partial charge in [0.1, 0.15) is 0 Å². The number of benzene rings is 4. The first-order valence-corrected chi connectivity index (χ1v) is 30.6. The summed E-state index contributed by atoms with van der Waals surface area (Å²) in [6.07, 6.45) is 2.33. The van der Waals surface area contributed by atoms with Gasteiger partial charge in [-0.1, -0.05) is 176 Å². The molecule has 0 saturated carbocycles. The van der Waals surface area contributed by atoms with Crippen LogP contribution in [0.4, 0.5) is 0 Å². The predicted molar refractivity (Wildman–Crippen MR) is 269 cm³/mol. The van der Waals surface area contributed by atoms with Crippen molar-refractivity contribution in [1.82, 2.24) is 0 Å². The molecule has 0 amide bonds. The lowest BCUT2D eigenvalue weighted by Gasteiger charge is -2.52. The molecule has 65 heavy (non-hydrogen) atoms. The van der Waals surface area contributed by atoms with E-state index in [1.807, 2.05) is 78.9 Å². The van der Waals surface area contributed by atoms with Crippen LogP contribution >= 0.6 is 0 Å². The molecule has 0 aliphatic carbocycles. The summed E-state index contributed by atoms with van der Waals surface area (Å²) in [7, 11) is -9.03. The summed E-state index contributed by atoms with van der Waals surface area (Å²) in [5, 5.41) is 12.5. The zero-order chi connectivity index (χ0) is 46.6. The molecule has 8 nitrogen and oxygen atoms in total. The van der Waals surface area contributed by atoms with Crippen molar-refractivity contribution in [2.45, 2.75) is 158 Å². The van der Waals surface area contributed by atoms with E-state index in [0.29, 0.717) is 32.1 Å². The number of rotatable bonds is 20. The second kappa shape index (κ2) is 20.4. The summed E-state index contributed by atoms with van der Waals surface area (Å²) < 4.78 is 29.1. The molecule has 3 aliphatic rings. The first-order valence-electron chi connectivity index (χ1n) is 24.2. The third-order valence-corrected chi connectivity index (χ3v) is 29.6. The van der Waals surface area contributed by atoms with E-state index in [9.17, 15) is 19.5 Å². The van der Waals surface area contributed by atoms with Crippen LogP contribution in [0.1, 0.15) is 87.0 Å². The highest BCUT2D eigenvalue weighted by molar-refractivity contribution is 6.99. The Balaban J connectivity index is 1.35. The summed E-state index contributed by atoms with van der Waals surface area (Å²) in [6, 6.07) is 43.7. The second-order valence-electron chi connectivity index (χ2n) is 20.4. The van der Waals surface area contributed by atoms with Crippen molar-refractivity contribution in [2.24, 2.45) is 11.8 Å². The Morgan fingerprint density at radius 1 is 0.662 bits per heavy atom. The van der Waals surface area contributed by atoms with E-state index >= 15 is 0 Å². The number of aliphatic carboxylic acids is 1. The van der Waals surface area contributed by atoms with Gasteiger partial charge in [-0.3, -0.25) is 4.79 Å². The molecule has 0 bridgehead atoms. The Kier molecular flexibility index (Phi) is 15.5. The highest BCUT2D eigenvalue weighted by Gasteiger charge is 2.62. The third kappa shape index (κ3) is 9.78. The number of fused-ring (bicyclic) bond motifs is 2. The number of hydrogen-bond acceptors (Lipinski definition) is 7. The van der Waals surface area contributed by atoms with Crippen LogP contribution < -0.4 is 20.7 Å². The van der Waals surface area contributed by atoms with Crippen LogP contribution in [-0.2, 0) is 23.4 Å². The predicted octanol–water partition coefficient (Wildman–Crippen LogP) is 8.59. The van der Waals surface area contributed by atoms with Crippen molar-refractivity contribution in [2.75, 3.05) is 0 Å². The average molecular weight is 935 g/mol. The highest BCUT2D eigenvalue weighted by atomic mass is 28.4. The molecule has 3 heterocycles. The normalized spacial score (nSPS) is 25.6. The first kappa shape index (κ1) is 49.4. The minimum absolute atomic E-state index is 0.0844. The molecule has 4 aromatic rings. The molecule has 9 atom stereocenters. The van der Waals surface area contributed by atoms with E-state index in [-0.39, 0.29) is 42.7 Å². The summed E-state index contributed by atoms with van der Waals surface area (Å²) in [4.78, 5) is 39.2. The van der Waals surface area contributed by atoms with Crippen molar-refractivity contribution >= 4 is 51.7 Å². The molecule has 350 valence electrons. The van der Waals surface area contributed by atoms with Crippen LogP contribution in [-0.4, -0.2) is 88.3 Å². The molecule has 0 radical (unpaired) electrons. The Bertz CT molecular complexity index is 2060. The lowest BCUT2D eigenvalue weighted by Crippen LogP contribution is -2.67. The van der Waals surface area contributed by atoms with Gasteiger partial charge in [0.2, 0.25) is 0 Å². The van der Waals surface area contributed by atoms with Gasteiger partial charge >= 0.3 is 5.97 Å². The van der Waals surface area contributed by atoms with Crippen molar-refractivity contribution in [3.8, 4) is 0 Å². The van der Waals surface area contributed by atoms with E-state index < -0.39 is 59.3 Å². The molecule has 3 saturated heterocycles. The Hall–Kier alpha value is -3.50. The Morgan fingerprint density at radius 2 is 1.08 bits per heavy atom. The average Bonchev–Trinajstić information content (AvgIpc) is 3.65. The topological polar surface area (TPSA) is 115 Å². The molecule has 0 spiro atoms. The molecule has 3 aliphatic heterocycles. The Labute approximate surface area is 391 Å². The second-order valence-corrected chi connectivity index (χ2v) is 33.0. The molecule has 1 unspecified atom stereocenters. The molecule has 0 aromatic heterocycles. The number of carboxylic acids is 1. The van der Waals surface area contributed by atoms with Crippen molar-refractivity contribution in [3.63, 3.8) is 0 Å². The van der Waals surface area contributed by atoms with Gasteiger partial charge in [-0.15, -0.1) is 6.58 Å². The molecular formula is C54H74O8Si3. The smallest absolute Gasteiger partial charge is 0.305 e. The summed E-state index contributed by atoms with van der Waals surface area (Å²) in [5.74, 6) is -1.27. The van der Waals surface area contributed by atoms with Gasteiger partial charge in [-0.25, -0.2) is 0 Å². The van der Waals surface area contributed by atoms with Gasteiger partial charge in [-0.2, -0.15) is 0 Å². The lowest BCUT2D eigenvalue weighted by molar-refractivity contribution is -0.243. The van der Waals surface area contributed by atoms with Gasteiger partial charge in [-0.05, 0) is 74.6 Å². The van der Waals surface area contributed by atoms with Gasteiger partial charge in [0.05, 0.1) is 49.1 Å². The van der Waals surface area contributed by atoms with E-state index in [4.69, 9.17) is 18.6 Å². The summed E-state index contributed by atoms with van der Waals surface area (Å²) >= 11 is 0. The molecule has 11 heteroatoms. The zero-order valence-electron chi connectivity index (χ0n) is 39.8. The minimum Gasteiger partial charge on any atom is -0.481 e. The highest BCUT2D eigenvalue weighted by Crippen LogP contribution is 2.55. The van der Waals surface area contributed by atoms with Gasteiger partial charge < -0.3 is 33.3 Å². The zero-order valence-corrected chi connectivity index (χ0v) is 42.8. The Morgan fingerprint density at radius 3 is 1.48 bits per heavy atom. The lowest BCUT2D eigenvalue weighted by atomic mass is 9.74. The fraction of sp³-hybridized carbons (Fsp3) is 0.500. The maximum Gasteiger partial charge on any atom is 0.305 e. The maximum absolute atomic E-state index is 13.5. The van der Waals surface area contributed by atoms with E-state index in [1.165, 1.54) is 0 Å². The van der Waals surface area contributed by atoms with Crippen LogP contribution in [0, 0.1) is 11.8 Å². The largest absolute Gasteiger partial charge is 0.481 e. The molecule has 4 aromatic carbocycles. The molecule has 3 fully saturated rings. The fourth-order valence-electron chi connectivity index (χ4n) is 12.0. The van der Waals surface area contributed by atoms with Crippen LogP contribution in [0.5, 0.6) is 0 Å². The van der Waals surface area contributed by atoms with Gasteiger partial charge in [0, 0.05) is 18.3 Å². The van der Waals surface area contributed by atoms with Crippen LogP contribution in [0.15, 0.2) is 134 Å². The molecule has 7 rings (SSSR count). The van der Waals surface area contributed by atoms with Crippen molar-refractivity contribution in [3.05, 3.63) is 134 Å². The molecular weight excluding hydrogens is 861 g/mol. The number of carbonyl (C=O) groups is 1. The number of ether oxygens (including phenoxy) is 3. The maximum atomic E-state index is 13.5. The van der Waals surface area contributed by atoms with Crippen LogP contribution in [0.2, 0.25) is 28.2 Å². The standard InChI is InChI=1S/C54H74O8Si3/c1-9-39(62-63(10-2,11-3)12-4)35-48-45(37-53(5,6)64(57,41-25-17-13-18-26-41)42-27-19-14-20-28-42)51-52(61-48)46(50-47(60-51)34-33-40(59-50)36-49(55)56)38-54(7,8)65(58,43-29-21-15-22-30-43)44-31-23-16-24-32-44/h9,13-32,39-40,45-48,50-52,57-58H,1,10-12,33-38H2,2-8H3,(H,55,56)/t39?,40-,45+,46+,47+,48-,50-,51+,52+/m1/s1. The third-order valence-electron chi connectivity index (χ3n) is 15.9. The SMILES string of the molecule is C=CC(C[C@H]1O[C@H]2[C@@H](CC(C)(C)[Si](O)(c3ccccc3)c3ccccc3)[C@H]3O[C@@H](CC(=O)O)CC[C@@H]3O[C@H]2[C@H]1CC(C)(C)[Si](O)(c1ccccc1)c1ccccc1)O[Si](CC)(CC)CC. The number of hydrogen-bond donors (Lipinski definition) is 3. The molecule has 3 N–H and O–H groups in total. The van der Waals surface area contributed by atoms with E-state index in [0.717, 1.165) is 38.9 Å². The van der Waals surface area contributed by atoms with E-state index in [1.54, 1.807) is 0 Å². The number of carboxylic acid groups (broad SMARTS) is 1. The van der Waals surface area contributed by atoms with Gasteiger partial charge in [0.15, 0.2) is 8.32 Å². The monoisotopic (exact) mass is 934 g/mol. The van der Waals surface area contributed by atoms with Gasteiger partial charge in [0.25, 0.3) is 16.6 Å².